The molecule has 0 fully saturated rings. The van der Waals surface area contributed by atoms with Gasteiger partial charge in [-0.15, -0.1) is 0 Å². The third-order valence-corrected chi connectivity index (χ3v) is 3.71. The minimum atomic E-state index is 0.525. The van der Waals surface area contributed by atoms with E-state index in [0.29, 0.717) is 6.04 Å². The summed E-state index contributed by atoms with van der Waals surface area (Å²) in [7, 11) is 0. The summed E-state index contributed by atoms with van der Waals surface area (Å²) < 4.78 is 0. The molecule has 1 unspecified atom stereocenters. The lowest BCUT2D eigenvalue weighted by molar-refractivity contribution is 0.480. The fourth-order valence-corrected chi connectivity index (χ4v) is 2.49. The Hall–Kier alpha value is -0.820. The van der Waals surface area contributed by atoms with Crippen LogP contribution < -0.4 is 5.32 Å². The summed E-state index contributed by atoms with van der Waals surface area (Å²) in [6, 6.07) is 11.3. The van der Waals surface area contributed by atoms with Crippen LogP contribution in [-0.4, -0.2) is 6.54 Å². The molecule has 0 aliphatic carbocycles. The molecule has 1 heteroatoms. The molecule has 0 aliphatic rings. The molecular formula is C18H31N. The van der Waals surface area contributed by atoms with Crippen molar-refractivity contribution in [3.8, 4) is 0 Å². The molecule has 0 aromatic heterocycles. The van der Waals surface area contributed by atoms with Crippen molar-refractivity contribution >= 4 is 0 Å². The molecule has 0 spiro atoms. The Morgan fingerprint density at radius 1 is 0.947 bits per heavy atom. The molecule has 1 nitrogen and oxygen atoms in total. The molecule has 0 bridgehead atoms. The first-order valence-electron chi connectivity index (χ1n) is 8.02. The Labute approximate surface area is 119 Å². The first-order valence-corrected chi connectivity index (χ1v) is 8.02. The van der Waals surface area contributed by atoms with Crippen LogP contribution in [0.4, 0.5) is 0 Å². The minimum absolute atomic E-state index is 0.525. The quantitative estimate of drug-likeness (QED) is 0.561. The van der Waals surface area contributed by atoms with Crippen LogP contribution in [0.1, 0.15) is 70.9 Å². The van der Waals surface area contributed by atoms with Crippen molar-refractivity contribution in [3.05, 3.63) is 35.9 Å². The van der Waals surface area contributed by atoms with Crippen molar-refractivity contribution in [1.29, 1.82) is 0 Å². The van der Waals surface area contributed by atoms with Gasteiger partial charge in [0.1, 0.15) is 0 Å². The number of nitrogens with one attached hydrogen (secondary N) is 1. The molecule has 0 radical (unpaired) electrons. The van der Waals surface area contributed by atoms with E-state index >= 15 is 0 Å². The number of unbranched alkanes of at least 4 members (excludes halogenated alkanes) is 3. The van der Waals surface area contributed by atoms with Gasteiger partial charge < -0.3 is 5.32 Å². The van der Waals surface area contributed by atoms with Crippen molar-refractivity contribution in [2.45, 2.75) is 65.3 Å². The standard InChI is InChI=1S/C18H31N/c1-4-18(17-13-9-7-10-14-17)19-15-11-6-5-8-12-16(2)3/h7,9-10,13-14,16,18-19H,4-6,8,11-12,15H2,1-3H3. The van der Waals surface area contributed by atoms with E-state index in [1.165, 1.54) is 37.7 Å². The van der Waals surface area contributed by atoms with Gasteiger partial charge in [0.15, 0.2) is 0 Å². The molecule has 0 amide bonds. The summed E-state index contributed by atoms with van der Waals surface area (Å²) in [5.74, 6) is 0.862. The molecule has 108 valence electrons. The zero-order valence-electron chi connectivity index (χ0n) is 13.0. The van der Waals surface area contributed by atoms with Gasteiger partial charge in [-0.1, -0.05) is 76.8 Å². The fraction of sp³-hybridized carbons (Fsp3) is 0.667. The summed E-state index contributed by atoms with van der Waals surface area (Å²) in [4.78, 5) is 0. The van der Waals surface area contributed by atoms with Gasteiger partial charge in [-0.3, -0.25) is 0 Å². The van der Waals surface area contributed by atoms with Gasteiger partial charge in [0.25, 0.3) is 0 Å². The second-order valence-corrected chi connectivity index (χ2v) is 5.92. The highest BCUT2D eigenvalue weighted by Gasteiger charge is 2.06. The summed E-state index contributed by atoms with van der Waals surface area (Å²) in [6.07, 6.45) is 8.01. The molecule has 0 saturated carbocycles. The summed E-state index contributed by atoms with van der Waals surface area (Å²) in [5.41, 5.74) is 1.42. The second-order valence-electron chi connectivity index (χ2n) is 5.92. The Kier molecular flexibility index (Phi) is 8.57. The Morgan fingerprint density at radius 3 is 2.26 bits per heavy atom. The van der Waals surface area contributed by atoms with Crippen LogP contribution in [0.25, 0.3) is 0 Å². The molecule has 1 aromatic rings. The lowest BCUT2D eigenvalue weighted by Gasteiger charge is -2.17. The van der Waals surface area contributed by atoms with Crippen LogP contribution in [-0.2, 0) is 0 Å². The van der Waals surface area contributed by atoms with Gasteiger partial charge >= 0.3 is 0 Å². The molecule has 1 N–H and O–H groups in total. The normalized spacial score (nSPS) is 12.8. The molecule has 0 aliphatic heterocycles. The molecule has 1 rings (SSSR count). The Balaban J connectivity index is 2.10. The van der Waals surface area contributed by atoms with Gasteiger partial charge in [0.2, 0.25) is 0 Å². The second kappa shape index (κ2) is 10.0. The number of hydrogen-bond acceptors (Lipinski definition) is 1. The van der Waals surface area contributed by atoms with E-state index in [1.807, 2.05) is 0 Å². The highest BCUT2D eigenvalue weighted by atomic mass is 14.9. The number of rotatable bonds is 10. The SMILES string of the molecule is CCC(NCCCCCCC(C)C)c1ccccc1. The summed E-state index contributed by atoms with van der Waals surface area (Å²) in [6.45, 7) is 8.03. The highest BCUT2D eigenvalue weighted by Crippen LogP contribution is 2.16. The molecular weight excluding hydrogens is 230 g/mol. The van der Waals surface area contributed by atoms with Gasteiger partial charge in [0.05, 0.1) is 0 Å². The topological polar surface area (TPSA) is 12.0 Å². The van der Waals surface area contributed by atoms with Crippen LogP contribution in [0.15, 0.2) is 30.3 Å². The molecule has 1 aromatic carbocycles. The van der Waals surface area contributed by atoms with E-state index in [1.54, 1.807) is 0 Å². The maximum Gasteiger partial charge on any atom is 0.0317 e. The van der Waals surface area contributed by atoms with Gasteiger partial charge in [-0.05, 0) is 30.9 Å². The zero-order chi connectivity index (χ0) is 13.9. The molecule has 0 saturated heterocycles. The number of benzene rings is 1. The van der Waals surface area contributed by atoms with Crippen LogP contribution in [0.2, 0.25) is 0 Å². The van der Waals surface area contributed by atoms with E-state index in [-0.39, 0.29) is 0 Å². The maximum atomic E-state index is 3.69. The zero-order valence-corrected chi connectivity index (χ0v) is 13.0. The van der Waals surface area contributed by atoms with E-state index in [2.05, 4.69) is 56.4 Å². The van der Waals surface area contributed by atoms with E-state index in [4.69, 9.17) is 0 Å². The lowest BCUT2D eigenvalue weighted by Crippen LogP contribution is -2.21. The van der Waals surface area contributed by atoms with Crippen molar-refractivity contribution in [1.82, 2.24) is 5.32 Å². The highest BCUT2D eigenvalue weighted by molar-refractivity contribution is 5.18. The molecule has 19 heavy (non-hydrogen) atoms. The predicted octanol–water partition coefficient (Wildman–Crippen LogP) is 5.33. The van der Waals surface area contributed by atoms with Crippen molar-refractivity contribution in [2.24, 2.45) is 5.92 Å². The van der Waals surface area contributed by atoms with E-state index in [0.717, 1.165) is 18.9 Å². The van der Waals surface area contributed by atoms with Crippen LogP contribution in [0.5, 0.6) is 0 Å². The van der Waals surface area contributed by atoms with Crippen LogP contribution in [0.3, 0.4) is 0 Å². The van der Waals surface area contributed by atoms with Crippen molar-refractivity contribution in [2.75, 3.05) is 6.54 Å². The minimum Gasteiger partial charge on any atom is -0.310 e. The van der Waals surface area contributed by atoms with Crippen molar-refractivity contribution in [3.63, 3.8) is 0 Å². The van der Waals surface area contributed by atoms with Crippen LogP contribution >= 0.6 is 0 Å². The van der Waals surface area contributed by atoms with Crippen molar-refractivity contribution < 1.29 is 0 Å². The fourth-order valence-electron chi connectivity index (χ4n) is 2.49. The van der Waals surface area contributed by atoms with E-state index < -0.39 is 0 Å². The van der Waals surface area contributed by atoms with Crippen LogP contribution in [0, 0.1) is 5.92 Å². The monoisotopic (exact) mass is 261 g/mol. The first-order chi connectivity index (χ1) is 9.24. The lowest BCUT2D eigenvalue weighted by atomic mass is 10.0. The van der Waals surface area contributed by atoms with Gasteiger partial charge in [0, 0.05) is 6.04 Å². The Bertz CT molecular complexity index is 305. The predicted molar refractivity (Wildman–Crippen MR) is 85.4 cm³/mol. The third-order valence-electron chi connectivity index (χ3n) is 3.71. The maximum absolute atomic E-state index is 3.69. The van der Waals surface area contributed by atoms with Gasteiger partial charge in [-0.2, -0.15) is 0 Å². The third kappa shape index (κ3) is 7.37. The largest absolute Gasteiger partial charge is 0.310 e. The average Bonchev–Trinajstić information content (AvgIpc) is 2.42. The van der Waals surface area contributed by atoms with E-state index in [9.17, 15) is 0 Å². The first kappa shape index (κ1) is 16.2. The molecule has 1 atom stereocenters. The molecule has 0 heterocycles. The number of hydrogen-bond donors (Lipinski definition) is 1. The smallest absolute Gasteiger partial charge is 0.0317 e. The summed E-state index contributed by atoms with van der Waals surface area (Å²) >= 11 is 0. The Morgan fingerprint density at radius 2 is 1.63 bits per heavy atom. The average molecular weight is 261 g/mol. The summed E-state index contributed by atoms with van der Waals surface area (Å²) in [5, 5.41) is 3.69. The van der Waals surface area contributed by atoms with Gasteiger partial charge in [-0.25, -0.2) is 0 Å².